The first kappa shape index (κ1) is 14.1. The summed E-state index contributed by atoms with van der Waals surface area (Å²) in [7, 11) is 0. The molecule has 0 aromatic rings. The van der Waals surface area contributed by atoms with Gasteiger partial charge >= 0.3 is 0 Å². The second-order valence-electron chi connectivity index (χ2n) is 4.86. The van der Waals surface area contributed by atoms with E-state index >= 15 is 0 Å². The highest BCUT2D eigenvalue weighted by Gasteiger charge is 2.19. The van der Waals surface area contributed by atoms with Crippen molar-refractivity contribution in [1.82, 2.24) is 5.32 Å². The Hall–Kier alpha value is -1.27. The van der Waals surface area contributed by atoms with Gasteiger partial charge in [-0.1, -0.05) is 0 Å². The largest absolute Gasteiger partial charge is 0.494 e. The fourth-order valence-corrected chi connectivity index (χ4v) is 2.22. The Balaban J connectivity index is 1.56. The number of hydrogen-bond donors (Lipinski definition) is 2. The van der Waals surface area contributed by atoms with Gasteiger partial charge in [-0.15, -0.1) is 0 Å². The van der Waals surface area contributed by atoms with E-state index in [4.69, 9.17) is 19.9 Å². The monoisotopic (exact) mass is 270 g/mol. The Morgan fingerprint density at radius 3 is 2.84 bits per heavy atom. The van der Waals surface area contributed by atoms with Gasteiger partial charge in [-0.05, 0) is 25.7 Å². The summed E-state index contributed by atoms with van der Waals surface area (Å²) in [6.45, 7) is 1.89. The Bertz CT molecular complexity index is 325. The molecule has 0 saturated heterocycles. The van der Waals surface area contributed by atoms with Crippen molar-refractivity contribution < 1.29 is 19.0 Å². The van der Waals surface area contributed by atoms with E-state index in [1.54, 1.807) is 0 Å². The summed E-state index contributed by atoms with van der Waals surface area (Å²) in [6.07, 6.45) is 5.70. The summed E-state index contributed by atoms with van der Waals surface area (Å²) in [6, 6.07) is 0.329. The molecule has 0 bridgehead atoms. The summed E-state index contributed by atoms with van der Waals surface area (Å²) in [5.74, 6) is -0.0242. The SMILES string of the molecule is NC1CCC(OCCNC(=O)C2=COCCO2)CC1. The third-order valence-electron chi connectivity index (χ3n) is 3.33. The quantitative estimate of drug-likeness (QED) is 0.701. The van der Waals surface area contributed by atoms with Crippen LogP contribution in [0.25, 0.3) is 0 Å². The van der Waals surface area contributed by atoms with Crippen LogP contribution in [0.1, 0.15) is 25.7 Å². The second kappa shape index (κ2) is 7.35. The average Bonchev–Trinajstić information content (AvgIpc) is 2.46. The van der Waals surface area contributed by atoms with Gasteiger partial charge in [0, 0.05) is 12.6 Å². The third kappa shape index (κ3) is 4.72. The average molecular weight is 270 g/mol. The predicted octanol–water partition coefficient (Wildman–Crippen LogP) is 0.277. The van der Waals surface area contributed by atoms with E-state index in [9.17, 15) is 4.79 Å². The molecule has 0 radical (unpaired) electrons. The molecule has 3 N–H and O–H groups in total. The first-order valence-electron chi connectivity index (χ1n) is 6.85. The molecule has 1 saturated carbocycles. The minimum absolute atomic E-state index is 0.231. The maximum atomic E-state index is 11.6. The lowest BCUT2D eigenvalue weighted by Gasteiger charge is -2.26. The molecule has 0 aromatic heterocycles. The van der Waals surface area contributed by atoms with E-state index < -0.39 is 0 Å². The Morgan fingerprint density at radius 1 is 1.37 bits per heavy atom. The molecule has 1 aliphatic carbocycles. The van der Waals surface area contributed by atoms with Gasteiger partial charge < -0.3 is 25.3 Å². The van der Waals surface area contributed by atoms with Gasteiger partial charge in [0.2, 0.25) is 5.76 Å². The van der Waals surface area contributed by atoms with Crippen molar-refractivity contribution in [3.8, 4) is 0 Å². The summed E-state index contributed by atoms with van der Waals surface area (Å²) in [5, 5.41) is 2.74. The fraction of sp³-hybridized carbons (Fsp3) is 0.769. The number of carbonyl (C=O) groups is 1. The van der Waals surface area contributed by atoms with Crippen molar-refractivity contribution in [2.24, 2.45) is 5.73 Å². The van der Waals surface area contributed by atoms with Gasteiger partial charge in [0.15, 0.2) is 0 Å². The van der Waals surface area contributed by atoms with Crippen molar-refractivity contribution in [3.05, 3.63) is 12.0 Å². The van der Waals surface area contributed by atoms with Gasteiger partial charge in [0.1, 0.15) is 19.5 Å². The molecule has 1 heterocycles. The van der Waals surface area contributed by atoms with Crippen LogP contribution >= 0.6 is 0 Å². The van der Waals surface area contributed by atoms with Gasteiger partial charge in [-0.2, -0.15) is 0 Å². The molecule has 6 heteroatoms. The van der Waals surface area contributed by atoms with Gasteiger partial charge in [0.05, 0.1) is 12.7 Å². The van der Waals surface area contributed by atoms with Crippen LogP contribution in [-0.4, -0.2) is 44.4 Å². The van der Waals surface area contributed by atoms with E-state index in [1.807, 2.05) is 0 Å². The number of rotatable bonds is 5. The van der Waals surface area contributed by atoms with Crippen molar-refractivity contribution in [2.45, 2.75) is 37.8 Å². The number of nitrogens with two attached hydrogens (primary N) is 1. The number of amides is 1. The van der Waals surface area contributed by atoms with Crippen LogP contribution in [0.15, 0.2) is 12.0 Å². The lowest BCUT2D eigenvalue weighted by atomic mass is 9.94. The van der Waals surface area contributed by atoms with Crippen LogP contribution in [0.4, 0.5) is 0 Å². The van der Waals surface area contributed by atoms with Gasteiger partial charge in [-0.25, -0.2) is 0 Å². The molecule has 19 heavy (non-hydrogen) atoms. The predicted molar refractivity (Wildman–Crippen MR) is 69.2 cm³/mol. The first-order chi connectivity index (χ1) is 9.25. The van der Waals surface area contributed by atoms with Crippen LogP contribution in [0.3, 0.4) is 0 Å². The molecule has 0 unspecified atom stereocenters. The zero-order chi connectivity index (χ0) is 13.5. The number of ether oxygens (including phenoxy) is 3. The molecular weight excluding hydrogens is 248 g/mol. The highest BCUT2D eigenvalue weighted by molar-refractivity contribution is 5.91. The zero-order valence-corrected chi connectivity index (χ0v) is 11.1. The minimum atomic E-state index is -0.256. The molecule has 0 atom stereocenters. The molecule has 108 valence electrons. The second-order valence-corrected chi connectivity index (χ2v) is 4.86. The molecule has 2 aliphatic rings. The Kier molecular flexibility index (Phi) is 5.47. The highest BCUT2D eigenvalue weighted by Crippen LogP contribution is 2.19. The maximum absolute atomic E-state index is 11.6. The summed E-state index contributed by atoms with van der Waals surface area (Å²) in [5.41, 5.74) is 5.83. The molecule has 1 fully saturated rings. The molecule has 0 aromatic carbocycles. The van der Waals surface area contributed by atoms with E-state index in [1.165, 1.54) is 6.26 Å². The first-order valence-corrected chi connectivity index (χ1v) is 6.85. The summed E-state index contributed by atoms with van der Waals surface area (Å²) >= 11 is 0. The molecule has 0 spiro atoms. The highest BCUT2D eigenvalue weighted by atomic mass is 16.6. The van der Waals surface area contributed by atoms with Gasteiger partial charge in [0.25, 0.3) is 5.91 Å². The van der Waals surface area contributed by atoms with Crippen LogP contribution in [0.5, 0.6) is 0 Å². The van der Waals surface area contributed by atoms with Gasteiger partial charge in [-0.3, -0.25) is 4.79 Å². The number of hydrogen-bond acceptors (Lipinski definition) is 5. The van der Waals surface area contributed by atoms with E-state index in [2.05, 4.69) is 5.32 Å². The number of nitrogens with one attached hydrogen (secondary N) is 1. The molecule has 1 amide bonds. The fourth-order valence-electron chi connectivity index (χ4n) is 2.22. The van der Waals surface area contributed by atoms with Crippen molar-refractivity contribution >= 4 is 5.91 Å². The maximum Gasteiger partial charge on any atom is 0.289 e. The number of carbonyl (C=O) groups excluding carboxylic acids is 1. The molecule has 1 aliphatic heterocycles. The van der Waals surface area contributed by atoms with Crippen LogP contribution in [0.2, 0.25) is 0 Å². The molecule has 6 nitrogen and oxygen atoms in total. The standard InChI is InChI=1S/C13H22N2O4/c14-10-1-3-11(4-2-10)18-6-5-15-13(16)12-9-17-7-8-19-12/h9-11H,1-8,14H2,(H,15,16). The lowest BCUT2D eigenvalue weighted by Crippen LogP contribution is -2.34. The topological polar surface area (TPSA) is 82.8 Å². The van der Waals surface area contributed by atoms with E-state index in [0.29, 0.717) is 32.4 Å². The van der Waals surface area contributed by atoms with E-state index in [0.717, 1.165) is 25.7 Å². The van der Waals surface area contributed by atoms with Crippen LogP contribution < -0.4 is 11.1 Å². The normalized spacial score (nSPS) is 26.9. The van der Waals surface area contributed by atoms with Crippen molar-refractivity contribution in [1.29, 1.82) is 0 Å². The summed E-state index contributed by atoms with van der Waals surface area (Å²) in [4.78, 5) is 11.6. The van der Waals surface area contributed by atoms with E-state index in [-0.39, 0.29) is 17.8 Å². The van der Waals surface area contributed by atoms with Crippen molar-refractivity contribution in [3.63, 3.8) is 0 Å². The molecule has 2 rings (SSSR count). The zero-order valence-electron chi connectivity index (χ0n) is 11.1. The third-order valence-corrected chi connectivity index (χ3v) is 3.33. The smallest absolute Gasteiger partial charge is 0.289 e. The van der Waals surface area contributed by atoms with Crippen LogP contribution in [0, 0.1) is 0 Å². The Morgan fingerprint density at radius 2 is 2.16 bits per heavy atom. The molecular formula is C13H22N2O4. The van der Waals surface area contributed by atoms with Crippen molar-refractivity contribution in [2.75, 3.05) is 26.4 Å². The minimum Gasteiger partial charge on any atom is -0.494 e. The summed E-state index contributed by atoms with van der Waals surface area (Å²) < 4.78 is 15.9. The van der Waals surface area contributed by atoms with Crippen LogP contribution in [-0.2, 0) is 19.0 Å². The lowest BCUT2D eigenvalue weighted by molar-refractivity contribution is -0.122. The Labute approximate surface area is 113 Å².